The average molecular weight is 252 g/mol. The zero-order valence-electron chi connectivity index (χ0n) is 10.7. The van der Waals surface area contributed by atoms with Gasteiger partial charge in [0.05, 0.1) is 0 Å². The average Bonchev–Trinajstić information content (AvgIpc) is 2.76. The van der Waals surface area contributed by atoms with Crippen LogP contribution in [0, 0.1) is 18.8 Å². The van der Waals surface area contributed by atoms with Crippen molar-refractivity contribution in [2.24, 2.45) is 17.6 Å². The molecule has 0 atom stereocenters. The van der Waals surface area contributed by atoms with Gasteiger partial charge in [0, 0.05) is 11.4 Å². The predicted molar refractivity (Wildman–Crippen MR) is 75.3 cm³/mol. The maximum absolute atomic E-state index is 5.72. The Morgan fingerprint density at radius 2 is 2.00 bits per heavy atom. The highest BCUT2D eigenvalue weighted by molar-refractivity contribution is 7.10. The quantitative estimate of drug-likeness (QED) is 0.845. The predicted octanol–water partition coefficient (Wildman–Crippen LogP) is 2.91. The molecule has 0 spiro atoms. The first kappa shape index (κ1) is 13.1. The normalized spacial score (nSPS) is 25.1. The molecule has 0 saturated heterocycles. The molecule has 0 unspecified atom stereocenters. The maximum Gasteiger partial charge on any atom is 0.0302 e. The molecule has 1 saturated carbocycles. The second-order valence-corrected chi connectivity index (χ2v) is 6.28. The topological polar surface area (TPSA) is 38.0 Å². The van der Waals surface area contributed by atoms with Gasteiger partial charge in [0.25, 0.3) is 0 Å². The van der Waals surface area contributed by atoms with Crippen LogP contribution in [0.4, 0.5) is 0 Å². The lowest BCUT2D eigenvalue weighted by Crippen LogP contribution is -2.28. The molecule has 1 aromatic heterocycles. The van der Waals surface area contributed by atoms with E-state index in [2.05, 4.69) is 23.7 Å². The van der Waals surface area contributed by atoms with E-state index in [-0.39, 0.29) is 0 Å². The zero-order chi connectivity index (χ0) is 12.1. The Kier molecular flexibility index (Phi) is 5.01. The van der Waals surface area contributed by atoms with Crippen LogP contribution in [0.2, 0.25) is 0 Å². The molecule has 0 bridgehead atoms. The molecule has 1 aliphatic rings. The minimum Gasteiger partial charge on any atom is -0.330 e. The van der Waals surface area contributed by atoms with Gasteiger partial charge >= 0.3 is 0 Å². The molecule has 17 heavy (non-hydrogen) atoms. The van der Waals surface area contributed by atoms with Gasteiger partial charge in [-0.1, -0.05) is 0 Å². The number of hydrogen-bond donors (Lipinski definition) is 2. The number of nitrogens with two attached hydrogens (primary N) is 1. The minimum atomic E-state index is 0.797. The lowest BCUT2D eigenvalue weighted by atomic mass is 9.82. The van der Waals surface area contributed by atoms with Crippen LogP contribution < -0.4 is 11.1 Å². The second kappa shape index (κ2) is 6.53. The van der Waals surface area contributed by atoms with E-state index in [1.807, 2.05) is 11.3 Å². The number of rotatable bonds is 5. The Balaban J connectivity index is 1.65. The molecular weight excluding hydrogens is 228 g/mol. The van der Waals surface area contributed by atoms with Gasteiger partial charge in [0.15, 0.2) is 0 Å². The van der Waals surface area contributed by atoms with Crippen molar-refractivity contribution in [3.05, 3.63) is 21.9 Å². The van der Waals surface area contributed by atoms with E-state index in [1.54, 1.807) is 0 Å². The Morgan fingerprint density at radius 1 is 1.29 bits per heavy atom. The van der Waals surface area contributed by atoms with E-state index < -0.39 is 0 Å². The molecule has 3 N–H and O–H groups in total. The smallest absolute Gasteiger partial charge is 0.0302 e. The summed E-state index contributed by atoms with van der Waals surface area (Å²) >= 11 is 1.86. The highest BCUT2D eigenvalue weighted by Gasteiger charge is 2.19. The standard InChI is InChI=1S/C14H24N2S/c1-11-6-7-17-14(11)10-16-9-13-4-2-12(8-15)3-5-13/h6-7,12-13,16H,2-5,8-10,15H2,1H3. The maximum atomic E-state index is 5.72. The summed E-state index contributed by atoms with van der Waals surface area (Å²) in [5.74, 6) is 1.67. The lowest BCUT2D eigenvalue weighted by molar-refractivity contribution is 0.272. The fourth-order valence-electron chi connectivity index (χ4n) is 2.65. The molecule has 1 fully saturated rings. The monoisotopic (exact) mass is 252 g/mol. The summed E-state index contributed by atoms with van der Waals surface area (Å²) in [5.41, 5.74) is 7.14. The molecule has 0 aromatic carbocycles. The minimum absolute atomic E-state index is 0.797. The van der Waals surface area contributed by atoms with Crippen LogP contribution in [0.3, 0.4) is 0 Å². The van der Waals surface area contributed by atoms with Gasteiger partial charge in [-0.15, -0.1) is 11.3 Å². The van der Waals surface area contributed by atoms with Gasteiger partial charge in [-0.3, -0.25) is 0 Å². The molecule has 1 aliphatic carbocycles. The lowest BCUT2D eigenvalue weighted by Gasteiger charge is -2.27. The summed E-state index contributed by atoms with van der Waals surface area (Å²) in [6.07, 6.45) is 5.39. The fraction of sp³-hybridized carbons (Fsp3) is 0.714. The van der Waals surface area contributed by atoms with Crippen molar-refractivity contribution in [2.45, 2.75) is 39.2 Å². The Labute approximate surface area is 109 Å². The third-order valence-electron chi connectivity index (χ3n) is 3.99. The SMILES string of the molecule is Cc1ccsc1CNCC1CCC(CN)CC1. The van der Waals surface area contributed by atoms with E-state index in [1.165, 1.54) is 42.7 Å². The Morgan fingerprint density at radius 3 is 2.59 bits per heavy atom. The van der Waals surface area contributed by atoms with E-state index >= 15 is 0 Å². The van der Waals surface area contributed by atoms with Crippen LogP contribution in [0.5, 0.6) is 0 Å². The first-order chi connectivity index (χ1) is 8.29. The number of thiophene rings is 1. The molecule has 2 nitrogen and oxygen atoms in total. The molecule has 96 valence electrons. The molecule has 3 heteroatoms. The third kappa shape index (κ3) is 3.80. The van der Waals surface area contributed by atoms with Crippen molar-refractivity contribution in [1.29, 1.82) is 0 Å². The van der Waals surface area contributed by atoms with Crippen LogP contribution in [-0.2, 0) is 6.54 Å². The van der Waals surface area contributed by atoms with E-state index in [4.69, 9.17) is 5.73 Å². The summed E-state index contributed by atoms with van der Waals surface area (Å²) in [6.45, 7) is 5.30. The molecule has 2 rings (SSSR count). The Bertz CT molecular complexity index is 327. The molecule has 0 aliphatic heterocycles. The number of aryl methyl sites for hydroxylation is 1. The summed E-state index contributed by atoms with van der Waals surface area (Å²) in [4.78, 5) is 1.49. The highest BCUT2D eigenvalue weighted by atomic mass is 32.1. The van der Waals surface area contributed by atoms with Gasteiger partial charge in [0.2, 0.25) is 0 Å². The number of hydrogen-bond acceptors (Lipinski definition) is 3. The second-order valence-electron chi connectivity index (χ2n) is 5.28. The summed E-state index contributed by atoms with van der Waals surface area (Å²) in [6, 6.07) is 2.20. The molecule has 0 amide bonds. The van der Waals surface area contributed by atoms with Gasteiger partial charge < -0.3 is 11.1 Å². The van der Waals surface area contributed by atoms with Crippen molar-refractivity contribution in [3.63, 3.8) is 0 Å². The first-order valence-corrected chi connectivity index (χ1v) is 7.61. The van der Waals surface area contributed by atoms with Gasteiger partial charge in [-0.25, -0.2) is 0 Å². The van der Waals surface area contributed by atoms with E-state index in [9.17, 15) is 0 Å². The molecule has 0 radical (unpaired) electrons. The van der Waals surface area contributed by atoms with Crippen LogP contribution >= 0.6 is 11.3 Å². The van der Waals surface area contributed by atoms with Crippen molar-refractivity contribution < 1.29 is 0 Å². The fourth-order valence-corrected chi connectivity index (χ4v) is 3.52. The third-order valence-corrected chi connectivity index (χ3v) is 5.01. The van der Waals surface area contributed by atoms with E-state index in [0.717, 1.165) is 24.9 Å². The van der Waals surface area contributed by atoms with Gasteiger partial charge in [-0.05, 0) is 74.5 Å². The Hall–Kier alpha value is -0.380. The first-order valence-electron chi connectivity index (χ1n) is 6.73. The molecule has 1 heterocycles. The summed E-state index contributed by atoms with van der Waals surface area (Å²) in [7, 11) is 0. The van der Waals surface area contributed by atoms with Gasteiger partial charge in [-0.2, -0.15) is 0 Å². The largest absolute Gasteiger partial charge is 0.330 e. The number of nitrogens with one attached hydrogen (secondary N) is 1. The summed E-state index contributed by atoms with van der Waals surface area (Å²) < 4.78 is 0. The highest BCUT2D eigenvalue weighted by Crippen LogP contribution is 2.27. The van der Waals surface area contributed by atoms with Crippen LogP contribution in [0.1, 0.15) is 36.1 Å². The zero-order valence-corrected chi connectivity index (χ0v) is 11.6. The summed E-state index contributed by atoms with van der Waals surface area (Å²) in [5, 5.41) is 5.79. The van der Waals surface area contributed by atoms with Crippen LogP contribution in [0.25, 0.3) is 0 Å². The van der Waals surface area contributed by atoms with Crippen molar-refractivity contribution in [1.82, 2.24) is 5.32 Å². The van der Waals surface area contributed by atoms with Crippen molar-refractivity contribution in [2.75, 3.05) is 13.1 Å². The molecular formula is C14H24N2S. The van der Waals surface area contributed by atoms with Crippen LogP contribution in [0.15, 0.2) is 11.4 Å². The van der Waals surface area contributed by atoms with Crippen molar-refractivity contribution >= 4 is 11.3 Å². The molecule has 1 aromatic rings. The van der Waals surface area contributed by atoms with Crippen molar-refractivity contribution in [3.8, 4) is 0 Å². The van der Waals surface area contributed by atoms with Crippen LogP contribution in [-0.4, -0.2) is 13.1 Å². The van der Waals surface area contributed by atoms with Gasteiger partial charge in [0.1, 0.15) is 0 Å². The van der Waals surface area contributed by atoms with E-state index in [0.29, 0.717) is 0 Å².